The molecule has 128 valence electrons. The molecule has 0 aliphatic carbocycles. The number of hydrogen-bond acceptors (Lipinski definition) is 4. The second kappa shape index (κ2) is 7.88. The molecule has 1 amide bonds. The largest absolute Gasteiger partial charge is 0.490 e. The summed E-state index contributed by atoms with van der Waals surface area (Å²) in [4.78, 5) is 14.7. The van der Waals surface area contributed by atoms with E-state index in [0.29, 0.717) is 36.2 Å². The summed E-state index contributed by atoms with van der Waals surface area (Å²) >= 11 is 0. The molecule has 1 fully saturated rings. The van der Waals surface area contributed by atoms with Crippen LogP contribution >= 0.6 is 12.4 Å². The number of para-hydroxylation sites is 1. The molecule has 1 atom stereocenters. The van der Waals surface area contributed by atoms with E-state index in [4.69, 9.17) is 15.2 Å². The van der Waals surface area contributed by atoms with Crippen LogP contribution in [-0.4, -0.2) is 43.2 Å². The Morgan fingerprint density at radius 2 is 1.96 bits per heavy atom. The molecule has 0 radical (unpaired) electrons. The number of fused-ring (bicyclic) bond motifs is 1. The van der Waals surface area contributed by atoms with Crippen LogP contribution in [0.25, 0.3) is 0 Å². The molecule has 0 bridgehead atoms. The maximum absolute atomic E-state index is 12.8. The second-order valence-corrected chi connectivity index (χ2v) is 6.17. The van der Waals surface area contributed by atoms with E-state index in [1.54, 1.807) is 0 Å². The summed E-state index contributed by atoms with van der Waals surface area (Å²) in [5.41, 5.74) is 6.58. The van der Waals surface area contributed by atoms with Crippen molar-refractivity contribution in [3.8, 4) is 11.5 Å². The van der Waals surface area contributed by atoms with Gasteiger partial charge in [0.1, 0.15) is 0 Å². The molecule has 0 unspecified atom stereocenters. The van der Waals surface area contributed by atoms with E-state index in [1.165, 1.54) is 0 Å². The van der Waals surface area contributed by atoms with Gasteiger partial charge in [0.05, 0.1) is 18.8 Å². The van der Waals surface area contributed by atoms with Gasteiger partial charge in [0.15, 0.2) is 11.5 Å². The molecule has 2 heterocycles. The van der Waals surface area contributed by atoms with Crippen LogP contribution in [0.3, 0.4) is 0 Å². The lowest BCUT2D eigenvalue weighted by Gasteiger charge is -2.34. The summed E-state index contributed by atoms with van der Waals surface area (Å²) in [6.45, 7) is 4.78. The zero-order chi connectivity index (χ0) is 15.5. The molecular formula is C17H25ClN2O3. The van der Waals surface area contributed by atoms with Crippen LogP contribution in [0.4, 0.5) is 0 Å². The first-order valence-corrected chi connectivity index (χ1v) is 8.10. The molecule has 3 rings (SSSR count). The summed E-state index contributed by atoms with van der Waals surface area (Å²) in [6.07, 6.45) is 2.77. The Hall–Kier alpha value is -1.46. The Labute approximate surface area is 143 Å². The van der Waals surface area contributed by atoms with Crippen LogP contribution in [0.15, 0.2) is 18.2 Å². The van der Waals surface area contributed by atoms with Crippen LogP contribution in [0.5, 0.6) is 11.5 Å². The quantitative estimate of drug-likeness (QED) is 0.898. The van der Waals surface area contributed by atoms with Crippen molar-refractivity contribution in [1.29, 1.82) is 0 Å². The van der Waals surface area contributed by atoms with Gasteiger partial charge in [0.2, 0.25) is 0 Å². The molecule has 0 spiro atoms. The Kier molecular flexibility index (Phi) is 6.13. The van der Waals surface area contributed by atoms with Gasteiger partial charge < -0.3 is 20.1 Å². The lowest BCUT2D eigenvalue weighted by Crippen LogP contribution is -2.42. The average molecular weight is 341 g/mol. The number of piperidine rings is 1. The smallest absolute Gasteiger partial charge is 0.257 e. The molecule has 2 aliphatic rings. The van der Waals surface area contributed by atoms with E-state index in [9.17, 15) is 4.79 Å². The number of nitrogens with two attached hydrogens (primary N) is 1. The fourth-order valence-electron chi connectivity index (χ4n) is 3.16. The standard InChI is InChI=1S/C17H24N2O3.ClH/c1-12(18)13-6-8-19(9-7-13)17(20)14-4-2-5-15-16(14)22-11-3-10-21-15;/h2,4-5,12-13H,3,6-11,18H2,1H3;1H/t12-;/m0./s1. The third-order valence-electron chi connectivity index (χ3n) is 4.57. The second-order valence-electron chi connectivity index (χ2n) is 6.17. The minimum atomic E-state index is 0. The molecule has 0 aromatic heterocycles. The number of likely N-dealkylation sites (tertiary alicyclic amines) is 1. The lowest BCUT2D eigenvalue weighted by molar-refractivity contribution is 0.0676. The molecule has 6 heteroatoms. The Bertz CT molecular complexity index is 543. The molecule has 23 heavy (non-hydrogen) atoms. The van der Waals surface area contributed by atoms with Crippen LogP contribution in [0.1, 0.15) is 36.5 Å². The highest BCUT2D eigenvalue weighted by atomic mass is 35.5. The maximum Gasteiger partial charge on any atom is 0.257 e. The number of ether oxygens (including phenoxy) is 2. The van der Waals surface area contributed by atoms with E-state index in [-0.39, 0.29) is 24.4 Å². The summed E-state index contributed by atoms with van der Waals surface area (Å²) in [5, 5.41) is 0. The Balaban J connectivity index is 0.00000192. The zero-order valence-corrected chi connectivity index (χ0v) is 14.3. The van der Waals surface area contributed by atoms with Gasteiger partial charge in [-0.3, -0.25) is 4.79 Å². The van der Waals surface area contributed by atoms with Gasteiger partial charge in [-0.05, 0) is 37.8 Å². The number of benzene rings is 1. The average Bonchev–Trinajstić information content (AvgIpc) is 2.79. The van der Waals surface area contributed by atoms with Crippen molar-refractivity contribution >= 4 is 18.3 Å². The van der Waals surface area contributed by atoms with Gasteiger partial charge in [-0.1, -0.05) is 6.07 Å². The monoisotopic (exact) mass is 340 g/mol. The van der Waals surface area contributed by atoms with Gasteiger partial charge in [-0.25, -0.2) is 0 Å². The molecular weight excluding hydrogens is 316 g/mol. The van der Waals surface area contributed by atoms with Gasteiger partial charge >= 0.3 is 0 Å². The fraction of sp³-hybridized carbons (Fsp3) is 0.588. The highest BCUT2D eigenvalue weighted by Gasteiger charge is 2.28. The van der Waals surface area contributed by atoms with Crippen molar-refractivity contribution in [3.05, 3.63) is 23.8 Å². The third kappa shape index (κ3) is 3.90. The Morgan fingerprint density at radius 1 is 1.26 bits per heavy atom. The summed E-state index contributed by atoms with van der Waals surface area (Å²) in [7, 11) is 0. The summed E-state index contributed by atoms with van der Waals surface area (Å²) in [6, 6.07) is 5.74. The molecule has 2 aliphatic heterocycles. The van der Waals surface area contributed by atoms with Crippen LogP contribution in [0.2, 0.25) is 0 Å². The van der Waals surface area contributed by atoms with E-state index in [1.807, 2.05) is 30.0 Å². The zero-order valence-electron chi connectivity index (χ0n) is 13.5. The number of halogens is 1. The summed E-state index contributed by atoms with van der Waals surface area (Å²) < 4.78 is 11.4. The number of carbonyl (C=O) groups is 1. The van der Waals surface area contributed by atoms with E-state index < -0.39 is 0 Å². The minimum absolute atomic E-state index is 0. The van der Waals surface area contributed by atoms with Crippen molar-refractivity contribution in [2.75, 3.05) is 26.3 Å². The van der Waals surface area contributed by atoms with Crippen molar-refractivity contribution < 1.29 is 14.3 Å². The molecule has 1 saturated heterocycles. The number of amides is 1. The van der Waals surface area contributed by atoms with E-state index in [0.717, 1.165) is 32.4 Å². The molecule has 0 saturated carbocycles. The first kappa shape index (κ1) is 17.9. The van der Waals surface area contributed by atoms with E-state index in [2.05, 4.69) is 0 Å². The number of carbonyl (C=O) groups excluding carboxylic acids is 1. The lowest BCUT2D eigenvalue weighted by atomic mass is 9.90. The van der Waals surface area contributed by atoms with Crippen LogP contribution in [0, 0.1) is 5.92 Å². The number of hydrogen-bond donors (Lipinski definition) is 1. The first-order valence-electron chi connectivity index (χ1n) is 8.10. The van der Waals surface area contributed by atoms with Gasteiger partial charge in [0.25, 0.3) is 5.91 Å². The van der Waals surface area contributed by atoms with Crippen molar-refractivity contribution in [2.45, 2.75) is 32.2 Å². The van der Waals surface area contributed by atoms with Gasteiger partial charge in [0, 0.05) is 25.6 Å². The maximum atomic E-state index is 12.8. The molecule has 2 N–H and O–H groups in total. The normalized spacial score (nSPS) is 19.5. The number of rotatable bonds is 2. The third-order valence-corrected chi connectivity index (χ3v) is 4.57. The van der Waals surface area contributed by atoms with Gasteiger partial charge in [-0.15, -0.1) is 12.4 Å². The first-order chi connectivity index (χ1) is 10.7. The van der Waals surface area contributed by atoms with Crippen LogP contribution < -0.4 is 15.2 Å². The fourth-order valence-corrected chi connectivity index (χ4v) is 3.16. The van der Waals surface area contributed by atoms with Crippen LogP contribution in [-0.2, 0) is 0 Å². The highest BCUT2D eigenvalue weighted by Crippen LogP contribution is 2.34. The van der Waals surface area contributed by atoms with Crippen molar-refractivity contribution in [1.82, 2.24) is 4.90 Å². The number of nitrogens with zero attached hydrogens (tertiary/aromatic N) is 1. The molecule has 1 aromatic carbocycles. The van der Waals surface area contributed by atoms with Gasteiger partial charge in [-0.2, -0.15) is 0 Å². The SMILES string of the molecule is C[C@H](N)C1CCN(C(=O)c2cccc3c2OCCCO3)CC1.Cl. The molecule has 5 nitrogen and oxygen atoms in total. The molecule has 1 aromatic rings. The predicted molar refractivity (Wildman–Crippen MR) is 91.6 cm³/mol. The van der Waals surface area contributed by atoms with E-state index >= 15 is 0 Å². The van der Waals surface area contributed by atoms with Crippen molar-refractivity contribution in [2.24, 2.45) is 11.7 Å². The predicted octanol–water partition coefficient (Wildman–Crippen LogP) is 2.47. The summed E-state index contributed by atoms with van der Waals surface area (Å²) in [5.74, 6) is 1.81. The topological polar surface area (TPSA) is 64.8 Å². The van der Waals surface area contributed by atoms with Crippen molar-refractivity contribution in [3.63, 3.8) is 0 Å². The Morgan fingerprint density at radius 3 is 2.65 bits per heavy atom. The minimum Gasteiger partial charge on any atom is -0.490 e. The highest BCUT2D eigenvalue weighted by molar-refractivity contribution is 5.98.